The van der Waals surface area contributed by atoms with Gasteiger partial charge in [0.15, 0.2) is 0 Å². The van der Waals surface area contributed by atoms with Crippen LogP contribution in [0.25, 0.3) is 11.0 Å². The minimum absolute atomic E-state index is 0.0826. The van der Waals surface area contributed by atoms with Gasteiger partial charge in [-0.2, -0.15) is 0 Å². The Hall–Kier alpha value is -3.96. The maximum atomic E-state index is 14.6. The fourth-order valence-corrected chi connectivity index (χ4v) is 9.15. The molecule has 5 heterocycles. The second-order valence-electron chi connectivity index (χ2n) is 11.6. The molecule has 2 aromatic carbocycles. The molecule has 0 radical (unpaired) electrons. The van der Waals surface area contributed by atoms with Crippen LogP contribution in [0.3, 0.4) is 0 Å². The lowest BCUT2D eigenvalue weighted by atomic mass is 9.78. The van der Waals surface area contributed by atoms with Gasteiger partial charge in [0.2, 0.25) is 17.7 Å². The Kier molecular flexibility index (Phi) is 7.30. The second-order valence-corrected chi connectivity index (χ2v) is 13.0. The van der Waals surface area contributed by atoms with Gasteiger partial charge in [-0.3, -0.25) is 14.4 Å². The van der Waals surface area contributed by atoms with Gasteiger partial charge in [-0.05, 0) is 43.5 Å². The molecule has 1 N–H and O–H groups in total. The number of carbonyl (C=O) groups excluding carboxylic acids is 3. The third kappa shape index (κ3) is 4.56. The molecule has 3 amide bonds. The lowest BCUT2D eigenvalue weighted by Crippen LogP contribution is -2.53. The third-order valence-electron chi connectivity index (χ3n) is 9.09. The van der Waals surface area contributed by atoms with Crippen LogP contribution in [-0.4, -0.2) is 89.9 Å². The first kappa shape index (κ1) is 27.8. The van der Waals surface area contributed by atoms with Crippen LogP contribution < -0.4 is 4.90 Å². The number of likely N-dealkylation sites (tertiary alicyclic amines) is 1. The molecule has 1 spiro atoms. The van der Waals surface area contributed by atoms with E-state index in [1.54, 1.807) is 31.1 Å². The summed E-state index contributed by atoms with van der Waals surface area (Å²) in [6, 6.07) is 16.4. The monoisotopic (exact) mass is 598 g/mol. The van der Waals surface area contributed by atoms with Crippen molar-refractivity contribution in [3.63, 3.8) is 0 Å². The smallest absolute Gasteiger partial charge is 0.248 e. The van der Waals surface area contributed by atoms with Crippen molar-refractivity contribution in [1.29, 1.82) is 0 Å². The van der Waals surface area contributed by atoms with E-state index < -0.39 is 22.6 Å². The highest BCUT2D eigenvalue weighted by Crippen LogP contribution is 2.61. The second kappa shape index (κ2) is 11.3. The van der Waals surface area contributed by atoms with E-state index >= 15 is 0 Å². The van der Waals surface area contributed by atoms with Crippen molar-refractivity contribution in [2.75, 3.05) is 31.1 Å². The predicted octanol–water partition coefficient (Wildman–Crippen LogP) is 2.85. The maximum Gasteiger partial charge on any atom is 0.248 e. The van der Waals surface area contributed by atoms with Crippen LogP contribution in [0.2, 0.25) is 0 Å². The fourth-order valence-electron chi connectivity index (χ4n) is 7.14. The molecule has 1 aromatic heterocycles. The van der Waals surface area contributed by atoms with Crippen LogP contribution in [-0.2, 0) is 21.1 Å². The van der Waals surface area contributed by atoms with E-state index in [9.17, 15) is 19.5 Å². The average molecular weight is 599 g/mol. The van der Waals surface area contributed by atoms with E-state index in [0.29, 0.717) is 32.5 Å². The summed E-state index contributed by atoms with van der Waals surface area (Å²) >= 11 is 1.59. The first-order valence-corrected chi connectivity index (χ1v) is 15.8. The fraction of sp³-hybridized carbons (Fsp3) is 0.406. The van der Waals surface area contributed by atoms with Gasteiger partial charge in [-0.1, -0.05) is 59.8 Å². The van der Waals surface area contributed by atoms with E-state index in [2.05, 4.69) is 16.4 Å². The number of thioether (sulfide) groups is 1. The molecular formula is C32H34N6O4S. The molecular weight excluding hydrogens is 564 g/mol. The van der Waals surface area contributed by atoms with Crippen LogP contribution in [0.5, 0.6) is 0 Å². The quantitative estimate of drug-likeness (QED) is 0.314. The Morgan fingerprint density at radius 3 is 2.56 bits per heavy atom. The molecule has 10 nitrogen and oxygen atoms in total. The molecule has 3 aromatic rings. The molecule has 1 unspecified atom stereocenters. The number of nitrogens with zero attached hydrogens (tertiary/aromatic N) is 6. The minimum Gasteiger partial charge on any atom is -0.396 e. The topological polar surface area (TPSA) is 112 Å². The maximum absolute atomic E-state index is 14.6. The number of amides is 3. The number of benzene rings is 2. The molecule has 0 aliphatic carbocycles. The highest BCUT2D eigenvalue weighted by Gasteiger charge is 2.71. The number of para-hydroxylation sites is 2. The number of hydrogen-bond acceptors (Lipinski definition) is 7. The van der Waals surface area contributed by atoms with Crippen LogP contribution >= 0.6 is 11.8 Å². The summed E-state index contributed by atoms with van der Waals surface area (Å²) in [6.07, 6.45) is 10.1. The Morgan fingerprint density at radius 2 is 1.72 bits per heavy atom. The van der Waals surface area contributed by atoms with Crippen LogP contribution in [0.15, 0.2) is 78.9 Å². The van der Waals surface area contributed by atoms with Crippen molar-refractivity contribution in [3.05, 3.63) is 78.9 Å². The third-order valence-corrected chi connectivity index (χ3v) is 10.8. The number of hydrogen-bond donors (Lipinski definition) is 1. The van der Waals surface area contributed by atoms with Crippen LogP contribution in [0, 0.1) is 11.8 Å². The number of aromatic nitrogens is 3. The zero-order valence-corrected chi connectivity index (χ0v) is 24.6. The van der Waals surface area contributed by atoms with Gasteiger partial charge in [0.1, 0.15) is 18.2 Å². The Balaban J connectivity index is 1.25. The summed E-state index contributed by atoms with van der Waals surface area (Å²) in [7, 11) is 0. The zero-order chi connectivity index (χ0) is 29.6. The number of unbranched alkanes of at least 4 members (excludes halogenated alkanes) is 2. The van der Waals surface area contributed by atoms with Crippen molar-refractivity contribution in [2.24, 2.45) is 11.8 Å². The summed E-state index contributed by atoms with van der Waals surface area (Å²) in [5.41, 5.74) is 2.37. The van der Waals surface area contributed by atoms with E-state index in [1.165, 1.54) is 0 Å². The molecule has 7 rings (SSSR count). The number of aliphatic hydroxyl groups is 1. The van der Waals surface area contributed by atoms with Crippen LogP contribution in [0.4, 0.5) is 5.69 Å². The molecule has 4 aliphatic heterocycles. The molecule has 222 valence electrons. The average Bonchev–Trinajstić information content (AvgIpc) is 3.57. The Bertz CT molecular complexity index is 1610. The number of aliphatic hydroxyl groups excluding tert-OH is 1. The van der Waals surface area contributed by atoms with E-state index in [-0.39, 0.29) is 36.2 Å². The van der Waals surface area contributed by atoms with Crippen molar-refractivity contribution < 1.29 is 19.5 Å². The number of carbonyl (C=O) groups is 3. The Morgan fingerprint density at radius 1 is 0.907 bits per heavy atom. The van der Waals surface area contributed by atoms with Crippen molar-refractivity contribution in [2.45, 2.75) is 42.0 Å². The van der Waals surface area contributed by atoms with Gasteiger partial charge in [0.05, 0.1) is 22.1 Å². The van der Waals surface area contributed by atoms with Crippen molar-refractivity contribution in [1.82, 2.24) is 24.8 Å². The van der Waals surface area contributed by atoms with E-state index in [0.717, 1.165) is 23.1 Å². The van der Waals surface area contributed by atoms with E-state index in [4.69, 9.17) is 0 Å². The minimum atomic E-state index is -0.876. The summed E-state index contributed by atoms with van der Waals surface area (Å²) in [6.45, 7) is 1.48. The molecule has 5 atom stereocenters. The van der Waals surface area contributed by atoms with E-state index in [1.807, 2.05) is 72.8 Å². The molecule has 2 fully saturated rings. The zero-order valence-electron chi connectivity index (χ0n) is 23.7. The molecule has 11 heteroatoms. The molecule has 0 bridgehead atoms. The molecule has 4 aliphatic rings. The normalized spacial score (nSPS) is 28.3. The van der Waals surface area contributed by atoms with Crippen molar-refractivity contribution >= 4 is 46.2 Å². The van der Waals surface area contributed by atoms with Gasteiger partial charge in [-0.25, -0.2) is 4.68 Å². The number of anilines is 1. The summed E-state index contributed by atoms with van der Waals surface area (Å²) in [5.74, 6) is -1.63. The first-order chi connectivity index (χ1) is 21.0. The van der Waals surface area contributed by atoms with Crippen LogP contribution in [0.1, 0.15) is 19.3 Å². The molecule has 2 saturated heterocycles. The highest BCUT2D eigenvalue weighted by atomic mass is 32.2. The molecule has 0 saturated carbocycles. The molecule has 43 heavy (non-hydrogen) atoms. The van der Waals surface area contributed by atoms with Gasteiger partial charge < -0.3 is 19.8 Å². The summed E-state index contributed by atoms with van der Waals surface area (Å²) < 4.78 is 0.841. The van der Waals surface area contributed by atoms with Crippen molar-refractivity contribution in [3.8, 4) is 0 Å². The van der Waals surface area contributed by atoms with Gasteiger partial charge in [0, 0.05) is 37.2 Å². The van der Waals surface area contributed by atoms with Gasteiger partial charge in [-0.15, -0.1) is 16.9 Å². The SMILES string of the molecule is O=C1C2N(CCCCCO)C(=O)[C@@H]3[C@@H]4C(=O)N(c5ccccc5)CC=C[C@@H]4S[C@]23C=CCN1Cn1nnc2ccccc21. The lowest BCUT2D eigenvalue weighted by Gasteiger charge is -2.35. The summed E-state index contributed by atoms with van der Waals surface area (Å²) in [5, 5.41) is 17.7. The first-order valence-electron chi connectivity index (χ1n) is 14.9. The number of rotatable bonds is 8. The van der Waals surface area contributed by atoms with Gasteiger partial charge in [0.25, 0.3) is 0 Å². The predicted molar refractivity (Wildman–Crippen MR) is 164 cm³/mol. The van der Waals surface area contributed by atoms with Gasteiger partial charge >= 0.3 is 0 Å². The Labute approximate surface area is 254 Å². The largest absolute Gasteiger partial charge is 0.396 e. The summed E-state index contributed by atoms with van der Waals surface area (Å²) in [4.78, 5) is 48.6. The highest BCUT2D eigenvalue weighted by molar-refractivity contribution is 8.02. The standard InChI is InChI=1S/C32H34N6O4S/c39-20-8-2-7-18-37-28-31(42)35(21-38-24-14-6-5-13-23(24)33-34-38)17-10-16-32(28)27(30(37)41)26-25(43-32)15-9-19-36(29(26)40)22-11-3-1-4-12-22/h1,3-6,9-16,25-28,39H,2,7-8,17-21H2/t25-,26+,27-,28?,32-/m0/s1. The lowest BCUT2D eigenvalue weighted by molar-refractivity contribution is -0.143. The number of fused-ring (bicyclic) bond motifs is 3.